The molecule has 11 heavy (non-hydrogen) atoms. The standard InChI is InChI=1S/C10H18O/c1-10(2)8-6-4-3-5-7-9-11/h4,8,10-11H,3,5,7,9H2,1-2H3. The highest BCUT2D eigenvalue weighted by Gasteiger charge is 1.81. The van der Waals surface area contributed by atoms with Crippen molar-refractivity contribution < 1.29 is 5.11 Å². The Morgan fingerprint density at radius 1 is 1.36 bits per heavy atom. The zero-order chi connectivity index (χ0) is 8.53. The maximum absolute atomic E-state index is 8.47. The van der Waals surface area contributed by atoms with E-state index in [0.29, 0.717) is 12.5 Å². The van der Waals surface area contributed by atoms with E-state index in [1.807, 2.05) is 6.08 Å². The first kappa shape index (κ1) is 10.5. The zero-order valence-electron chi connectivity index (χ0n) is 7.51. The second-order valence-corrected chi connectivity index (χ2v) is 3.00. The van der Waals surface area contributed by atoms with Gasteiger partial charge in [0.15, 0.2) is 0 Å². The second kappa shape index (κ2) is 7.59. The highest BCUT2D eigenvalue weighted by atomic mass is 16.2. The van der Waals surface area contributed by atoms with E-state index in [4.69, 9.17) is 5.11 Å². The molecule has 1 N–H and O–H groups in total. The molecule has 0 aliphatic rings. The molecule has 0 heterocycles. The van der Waals surface area contributed by atoms with Gasteiger partial charge in [-0.25, -0.2) is 0 Å². The minimum atomic E-state index is 0.307. The molecule has 1 heteroatoms. The van der Waals surface area contributed by atoms with Crippen LogP contribution in [0.25, 0.3) is 0 Å². The van der Waals surface area contributed by atoms with Gasteiger partial charge in [-0.2, -0.15) is 0 Å². The van der Waals surface area contributed by atoms with Gasteiger partial charge in [0.1, 0.15) is 0 Å². The van der Waals surface area contributed by atoms with E-state index in [0.717, 1.165) is 19.3 Å². The van der Waals surface area contributed by atoms with Crippen LogP contribution in [0.5, 0.6) is 0 Å². The summed E-state index contributed by atoms with van der Waals surface area (Å²) in [6, 6.07) is 0. The Balaban J connectivity index is 3.29. The molecule has 0 atom stereocenters. The number of rotatable bonds is 5. The van der Waals surface area contributed by atoms with E-state index in [9.17, 15) is 0 Å². The quantitative estimate of drug-likeness (QED) is 0.476. The van der Waals surface area contributed by atoms with Gasteiger partial charge in [-0.05, 0) is 37.3 Å². The highest BCUT2D eigenvalue weighted by Crippen LogP contribution is 1.95. The van der Waals surface area contributed by atoms with Crippen molar-refractivity contribution in [3.05, 3.63) is 17.9 Å². The van der Waals surface area contributed by atoms with Crippen molar-refractivity contribution in [2.45, 2.75) is 33.1 Å². The van der Waals surface area contributed by atoms with Crippen LogP contribution in [0.4, 0.5) is 0 Å². The molecule has 0 unspecified atom stereocenters. The molecule has 0 rings (SSSR count). The van der Waals surface area contributed by atoms with Crippen LogP contribution >= 0.6 is 0 Å². The highest BCUT2D eigenvalue weighted by molar-refractivity contribution is 4.86. The SMILES string of the molecule is CC(C)C=C=CCCCCO. The Kier molecular flexibility index (Phi) is 7.23. The monoisotopic (exact) mass is 154 g/mol. The van der Waals surface area contributed by atoms with Crippen LogP contribution in [-0.2, 0) is 0 Å². The van der Waals surface area contributed by atoms with Gasteiger partial charge >= 0.3 is 0 Å². The van der Waals surface area contributed by atoms with Crippen LogP contribution in [0.1, 0.15) is 33.1 Å². The lowest BCUT2D eigenvalue weighted by atomic mass is 10.2. The largest absolute Gasteiger partial charge is 0.396 e. The Morgan fingerprint density at radius 3 is 2.64 bits per heavy atom. The zero-order valence-corrected chi connectivity index (χ0v) is 7.51. The van der Waals surface area contributed by atoms with Gasteiger partial charge in [0.05, 0.1) is 0 Å². The molecule has 0 aliphatic heterocycles. The van der Waals surface area contributed by atoms with Crippen molar-refractivity contribution in [3.8, 4) is 0 Å². The van der Waals surface area contributed by atoms with Crippen molar-refractivity contribution >= 4 is 0 Å². The summed E-state index contributed by atoms with van der Waals surface area (Å²) in [5.41, 5.74) is 3.11. The average molecular weight is 154 g/mol. The van der Waals surface area contributed by atoms with Crippen LogP contribution in [0.3, 0.4) is 0 Å². The first-order chi connectivity index (χ1) is 5.27. The lowest BCUT2D eigenvalue weighted by Gasteiger charge is -1.89. The fraction of sp³-hybridized carbons (Fsp3) is 0.700. The topological polar surface area (TPSA) is 20.2 Å². The summed E-state index contributed by atoms with van der Waals surface area (Å²) in [5.74, 6) is 0.587. The van der Waals surface area contributed by atoms with E-state index in [1.165, 1.54) is 0 Å². The molecule has 0 spiro atoms. The molecule has 0 amide bonds. The van der Waals surface area contributed by atoms with Gasteiger partial charge in [0.25, 0.3) is 0 Å². The number of hydrogen-bond acceptors (Lipinski definition) is 1. The molecule has 0 aromatic heterocycles. The summed E-state index contributed by atoms with van der Waals surface area (Å²) in [6.07, 6.45) is 7.09. The van der Waals surface area contributed by atoms with Crippen LogP contribution in [-0.4, -0.2) is 11.7 Å². The predicted octanol–water partition coefficient (Wildman–Crippen LogP) is 2.52. The maximum atomic E-state index is 8.47. The number of hydrogen-bond donors (Lipinski definition) is 1. The summed E-state index contributed by atoms with van der Waals surface area (Å²) in [7, 11) is 0. The Hall–Kier alpha value is -0.520. The molecule has 0 saturated heterocycles. The fourth-order valence-electron chi connectivity index (χ4n) is 0.702. The lowest BCUT2D eigenvalue weighted by molar-refractivity contribution is 0.285. The van der Waals surface area contributed by atoms with Crippen molar-refractivity contribution in [3.63, 3.8) is 0 Å². The fourth-order valence-corrected chi connectivity index (χ4v) is 0.702. The third kappa shape index (κ3) is 9.48. The first-order valence-corrected chi connectivity index (χ1v) is 4.29. The second-order valence-electron chi connectivity index (χ2n) is 3.00. The van der Waals surface area contributed by atoms with Gasteiger partial charge in [-0.1, -0.05) is 13.8 Å². The molecular weight excluding hydrogens is 136 g/mol. The summed E-state index contributed by atoms with van der Waals surface area (Å²) >= 11 is 0. The first-order valence-electron chi connectivity index (χ1n) is 4.29. The van der Waals surface area contributed by atoms with E-state index in [2.05, 4.69) is 25.7 Å². The summed E-state index contributed by atoms with van der Waals surface area (Å²) < 4.78 is 0. The van der Waals surface area contributed by atoms with Crippen LogP contribution in [0, 0.1) is 5.92 Å². The Labute approximate surface area is 69.4 Å². The van der Waals surface area contributed by atoms with Crippen molar-refractivity contribution in [2.24, 2.45) is 5.92 Å². The number of allylic oxidation sites excluding steroid dienone is 1. The van der Waals surface area contributed by atoms with Crippen molar-refractivity contribution in [2.75, 3.05) is 6.61 Å². The summed E-state index contributed by atoms with van der Waals surface area (Å²) in [6.45, 7) is 4.57. The smallest absolute Gasteiger partial charge is 0.0431 e. The van der Waals surface area contributed by atoms with Crippen molar-refractivity contribution in [1.82, 2.24) is 0 Å². The van der Waals surface area contributed by atoms with Crippen LogP contribution in [0.15, 0.2) is 17.9 Å². The maximum Gasteiger partial charge on any atom is 0.0431 e. The Bertz CT molecular complexity index is 130. The average Bonchev–Trinajstić information content (AvgIpc) is 1.96. The summed E-state index contributed by atoms with van der Waals surface area (Å²) in [5, 5.41) is 8.47. The molecule has 0 fully saturated rings. The minimum Gasteiger partial charge on any atom is -0.396 e. The van der Waals surface area contributed by atoms with Gasteiger partial charge in [0.2, 0.25) is 0 Å². The molecule has 0 aromatic rings. The third-order valence-corrected chi connectivity index (χ3v) is 1.30. The molecule has 0 aromatic carbocycles. The van der Waals surface area contributed by atoms with E-state index in [-0.39, 0.29) is 0 Å². The Morgan fingerprint density at radius 2 is 2.09 bits per heavy atom. The number of unbranched alkanes of at least 4 members (excludes halogenated alkanes) is 2. The van der Waals surface area contributed by atoms with Crippen molar-refractivity contribution in [1.29, 1.82) is 0 Å². The van der Waals surface area contributed by atoms with Gasteiger partial charge < -0.3 is 5.11 Å². The normalized spacial score (nSPS) is 9.45. The van der Waals surface area contributed by atoms with Gasteiger partial charge in [-0.15, -0.1) is 5.73 Å². The molecule has 0 aliphatic carbocycles. The molecule has 1 nitrogen and oxygen atoms in total. The molecule has 0 bridgehead atoms. The molecular formula is C10H18O. The molecule has 0 radical (unpaired) electrons. The molecule has 0 saturated carbocycles. The third-order valence-electron chi connectivity index (χ3n) is 1.30. The van der Waals surface area contributed by atoms with E-state index < -0.39 is 0 Å². The van der Waals surface area contributed by atoms with Gasteiger partial charge in [0, 0.05) is 6.61 Å². The minimum absolute atomic E-state index is 0.307. The number of aliphatic hydroxyl groups excluding tert-OH is 1. The van der Waals surface area contributed by atoms with E-state index in [1.54, 1.807) is 0 Å². The predicted molar refractivity (Wildman–Crippen MR) is 48.4 cm³/mol. The van der Waals surface area contributed by atoms with E-state index >= 15 is 0 Å². The molecule has 64 valence electrons. The summed E-state index contributed by atoms with van der Waals surface area (Å²) in [4.78, 5) is 0. The lowest BCUT2D eigenvalue weighted by Crippen LogP contribution is -1.79. The van der Waals surface area contributed by atoms with Gasteiger partial charge in [-0.3, -0.25) is 0 Å². The van der Waals surface area contributed by atoms with Crippen LogP contribution < -0.4 is 0 Å². The van der Waals surface area contributed by atoms with Crippen LogP contribution in [0.2, 0.25) is 0 Å². The number of aliphatic hydroxyl groups is 1.